The first-order chi connectivity index (χ1) is 7.85. The molecule has 0 aliphatic carbocycles. The molecule has 0 N–H and O–H groups in total. The van der Waals surface area contributed by atoms with Gasteiger partial charge in [-0.1, -0.05) is 37.3 Å². The van der Waals surface area contributed by atoms with Crippen molar-refractivity contribution in [2.75, 3.05) is 7.11 Å². The summed E-state index contributed by atoms with van der Waals surface area (Å²) in [4.78, 5) is 0. The van der Waals surface area contributed by atoms with E-state index in [2.05, 4.69) is 31.2 Å². The average molecular weight is 211 g/mol. The number of hydrogen-bond donors (Lipinski definition) is 0. The van der Waals surface area contributed by atoms with Crippen LogP contribution in [0.4, 0.5) is 0 Å². The van der Waals surface area contributed by atoms with E-state index in [4.69, 9.17) is 4.74 Å². The van der Waals surface area contributed by atoms with Crippen molar-refractivity contribution in [3.63, 3.8) is 0 Å². The number of methoxy groups -OCH3 is 1. The lowest BCUT2D eigenvalue weighted by Gasteiger charge is -2.10. The molecule has 0 amide bonds. The molecule has 0 bridgehead atoms. The maximum atomic E-state index is 5.38. The first kappa shape index (κ1) is 10.7. The van der Waals surface area contributed by atoms with Crippen LogP contribution in [0, 0.1) is 6.07 Å². The van der Waals surface area contributed by atoms with Crippen LogP contribution in [-0.4, -0.2) is 7.11 Å². The lowest BCUT2D eigenvalue weighted by atomic mass is 10.0. The number of benzene rings is 2. The zero-order chi connectivity index (χ0) is 11.4. The molecular formula is C15H15O. The molecule has 1 nitrogen and oxygen atoms in total. The van der Waals surface area contributed by atoms with Gasteiger partial charge >= 0.3 is 0 Å². The minimum absolute atomic E-state index is 0.902. The molecule has 81 valence electrons. The fourth-order valence-corrected chi connectivity index (χ4v) is 1.75. The normalized spacial score (nSPS) is 10.1. The predicted octanol–water partition coefficient (Wildman–Crippen LogP) is 3.72. The van der Waals surface area contributed by atoms with Crippen molar-refractivity contribution < 1.29 is 4.74 Å². The maximum absolute atomic E-state index is 5.38. The SMILES string of the molecule is CCc1ccc(OC)c(-c2[c]cccc2)c1. The van der Waals surface area contributed by atoms with Gasteiger partial charge in [0.05, 0.1) is 7.11 Å². The third kappa shape index (κ3) is 2.08. The molecule has 0 aliphatic rings. The van der Waals surface area contributed by atoms with Gasteiger partial charge in [-0.15, -0.1) is 0 Å². The number of hydrogen-bond acceptors (Lipinski definition) is 1. The molecule has 0 atom stereocenters. The molecule has 2 aromatic rings. The number of ether oxygens (including phenoxy) is 1. The molecule has 1 heteroatoms. The van der Waals surface area contributed by atoms with Crippen molar-refractivity contribution >= 4 is 0 Å². The second kappa shape index (κ2) is 4.84. The second-order valence-corrected chi connectivity index (χ2v) is 3.66. The monoisotopic (exact) mass is 211 g/mol. The van der Waals surface area contributed by atoms with E-state index < -0.39 is 0 Å². The van der Waals surface area contributed by atoms with E-state index in [1.807, 2.05) is 24.3 Å². The van der Waals surface area contributed by atoms with E-state index >= 15 is 0 Å². The van der Waals surface area contributed by atoms with Crippen molar-refractivity contribution in [3.05, 3.63) is 54.1 Å². The van der Waals surface area contributed by atoms with E-state index in [1.165, 1.54) is 5.56 Å². The molecule has 0 aromatic heterocycles. The topological polar surface area (TPSA) is 9.23 Å². The van der Waals surface area contributed by atoms with E-state index in [0.717, 1.165) is 23.3 Å². The third-order valence-corrected chi connectivity index (χ3v) is 2.67. The minimum Gasteiger partial charge on any atom is -0.496 e. The Morgan fingerprint density at radius 3 is 2.69 bits per heavy atom. The zero-order valence-corrected chi connectivity index (χ0v) is 9.66. The summed E-state index contributed by atoms with van der Waals surface area (Å²) < 4.78 is 5.38. The van der Waals surface area contributed by atoms with Gasteiger partial charge in [-0.05, 0) is 35.7 Å². The molecule has 2 aromatic carbocycles. The van der Waals surface area contributed by atoms with Crippen molar-refractivity contribution in [1.82, 2.24) is 0 Å². The Balaban J connectivity index is 2.53. The Kier molecular flexibility index (Phi) is 3.25. The van der Waals surface area contributed by atoms with Gasteiger partial charge in [-0.25, -0.2) is 0 Å². The summed E-state index contributed by atoms with van der Waals surface area (Å²) in [5, 5.41) is 0. The van der Waals surface area contributed by atoms with Crippen LogP contribution >= 0.6 is 0 Å². The Morgan fingerprint density at radius 2 is 2.06 bits per heavy atom. The predicted molar refractivity (Wildman–Crippen MR) is 66.6 cm³/mol. The first-order valence-electron chi connectivity index (χ1n) is 5.49. The van der Waals surface area contributed by atoms with Crippen LogP contribution in [0.5, 0.6) is 5.75 Å². The van der Waals surface area contributed by atoms with Crippen molar-refractivity contribution in [3.8, 4) is 16.9 Å². The van der Waals surface area contributed by atoms with Crippen LogP contribution in [0.2, 0.25) is 0 Å². The second-order valence-electron chi connectivity index (χ2n) is 3.66. The highest BCUT2D eigenvalue weighted by molar-refractivity contribution is 5.70. The largest absolute Gasteiger partial charge is 0.496 e. The van der Waals surface area contributed by atoms with Gasteiger partial charge in [0.15, 0.2) is 0 Å². The summed E-state index contributed by atoms with van der Waals surface area (Å²) in [7, 11) is 1.70. The highest BCUT2D eigenvalue weighted by Gasteiger charge is 2.05. The average Bonchev–Trinajstić information content (AvgIpc) is 2.39. The Hall–Kier alpha value is -1.76. The summed E-state index contributed by atoms with van der Waals surface area (Å²) in [6, 6.07) is 17.5. The third-order valence-electron chi connectivity index (χ3n) is 2.67. The van der Waals surface area contributed by atoms with Crippen molar-refractivity contribution in [2.45, 2.75) is 13.3 Å². The minimum atomic E-state index is 0.902. The van der Waals surface area contributed by atoms with Gasteiger partial charge < -0.3 is 4.74 Å². The quantitative estimate of drug-likeness (QED) is 0.751. The lowest BCUT2D eigenvalue weighted by molar-refractivity contribution is 0.416. The van der Waals surface area contributed by atoms with Gasteiger partial charge in [0.1, 0.15) is 5.75 Å². The van der Waals surface area contributed by atoms with Gasteiger partial charge in [0.2, 0.25) is 0 Å². The Bertz CT molecular complexity index is 460. The summed E-state index contributed by atoms with van der Waals surface area (Å²) in [5.41, 5.74) is 3.50. The highest BCUT2D eigenvalue weighted by Crippen LogP contribution is 2.30. The molecule has 0 heterocycles. The van der Waals surface area contributed by atoms with Crippen molar-refractivity contribution in [1.29, 1.82) is 0 Å². The van der Waals surface area contributed by atoms with Crippen LogP contribution in [0.1, 0.15) is 12.5 Å². The van der Waals surface area contributed by atoms with Crippen LogP contribution in [-0.2, 0) is 6.42 Å². The van der Waals surface area contributed by atoms with E-state index in [9.17, 15) is 0 Å². The summed E-state index contributed by atoms with van der Waals surface area (Å²) in [5.74, 6) is 0.902. The first-order valence-corrected chi connectivity index (χ1v) is 5.49. The highest BCUT2D eigenvalue weighted by atomic mass is 16.5. The van der Waals surface area contributed by atoms with Gasteiger partial charge in [-0.2, -0.15) is 0 Å². The van der Waals surface area contributed by atoms with Crippen LogP contribution in [0.3, 0.4) is 0 Å². The van der Waals surface area contributed by atoms with Crippen LogP contribution < -0.4 is 4.74 Å². The fraction of sp³-hybridized carbons (Fsp3) is 0.200. The summed E-state index contributed by atoms with van der Waals surface area (Å²) in [6.07, 6.45) is 1.03. The maximum Gasteiger partial charge on any atom is 0.126 e. The summed E-state index contributed by atoms with van der Waals surface area (Å²) in [6.45, 7) is 2.15. The standard InChI is InChI=1S/C15H15O/c1-3-12-9-10-15(16-2)14(11-12)13-7-5-4-6-8-13/h4-7,9-11H,3H2,1-2H3. The van der Waals surface area contributed by atoms with Crippen molar-refractivity contribution in [2.24, 2.45) is 0 Å². The van der Waals surface area contributed by atoms with Crippen LogP contribution in [0.25, 0.3) is 11.1 Å². The molecule has 2 rings (SSSR count). The molecule has 16 heavy (non-hydrogen) atoms. The molecule has 0 unspecified atom stereocenters. The number of rotatable bonds is 3. The van der Waals surface area contributed by atoms with E-state index in [0.29, 0.717) is 0 Å². The Labute approximate surface area is 96.7 Å². The van der Waals surface area contributed by atoms with Gasteiger partial charge in [-0.3, -0.25) is 0 Å². The lowest BCUT2D eigenvalue weighted by Crippen LogP contribution is -1.90. The molecule has 0 saturated carbocycles. The van der Waals surface area contributed by atoms with Crippen LogP contribution in [0.15, 0.2) is 42.5 Å². The molecule has 0 fully saturated rings. The smallest absolute Gasteiger partial charge is 0.126 e. The molecule has 0 spiro atoms. The van der Waals surface area contributed by atoms with Gasteiger partial charge in [0, 0.05) is 5.56 Å². The van der Waals surface area contributed by atoms with E-state index in [1.54, 1.807) is 7.11 Å². The number of aryl methyl sites for hydroxylation is 1. The molecule has 0 saturated heterocycles. The zero-order valence-electron chi connectivity index (χ0n) is 9.66. The molecular weight excluding hydrogens is 196 g/mol. The van der Waals surface area contributed by atoms with Gasteiger partial charge in [0.25, 0.3) is 0 Å². The Morgan fingerprint density at radius 1 is 1.19 bits per heavy atom. The molecule has 1 radical (unpaired) electrons. The van der Waals surface area contributed by atoms with E-state index in [-0.39, 0.29) is 0 Å². The fourth-order valence-electron chi connectivity index (χ4n) is 1.75. The molecule has 0 aliphatic heterocycles. The summed E-state index contributed by atoms with van der Waals surface area (Å²) >= 11 is 0.